The number of nitrogens with zero attached hydrogens (tertiary/aromatic N) is 2. The maximum Gasteiger partial charge on any atom is 0.253 e. The Bertz CT molecular complexity index is 1370. The number of fused-ring (bicyclic) bond motifs is 2. The SMILES string of the molecule is CC(CCC(C)N1C(=O)C=CC1=O)C1CCC/C=C(\C(C)(C)N2Cc3ccccc3C#Cc3ccccc32)CC1. The Hall–Kier alpha value is -3.58. The summed E-state index contributed by atoms with van der Waals surface area (Å²) in [7, 11) is 0. The Morgan fingerprint density at radius 2 is 1.57 bits per heavy atom. The summed E-state index contributed by atoms with van der Waals surface area (Å²) in [6.07, 6.45) is 13.0. The second kappa shape index (κ2) is 11.9. The van der Waals surface area contributed by atoms with Crippen LogP contribution in [0.25, 0.3) is 0 Å². The van der Waals surface area contributed by atoms with Crippen molar-refractivity contribution in [1.29, 1.82) is 0 Å². The maximum absolute atomic E-state index is 12.1. The highest BCUT2D eigenvalue weighted by atomic mass is 16.2. The molecular weight excluding hydrogens is 492 g/mol. The number of anilines is 1. The molecule has 2 aliphatic heterocycles. The molecule has 0 fully saturated rings. The molecule has 0 N–H and O–H groups in total. The third kappa shape index (κ3) is 5.80. The van der Waals surface area contributed by atoms with E-state index in [0.29, 0.717) is 11.8 Å². The van der Waals surface area contributed by atoms with Crippen LogP contribution in [0, 0.1) is 23.7 Å². The third-order valence-electron chi connectivity index (χ3n) is 9.42. The largest absolute Gasteiger partial charge is 0.357 e. The van der Waals surface area contributed by atoms with Crippen LogP contribution in [0.15, 0.2) is 72.3 Å². The third-order valence-corrected chi connectivity index (χ3v) is 9.42. The van der Waals surface area contributed by atoms with Crippen LogP contribution < -0.4 is 4.90 Å². The number of benzene rings is 2. The molecule has 3 atom stereocenters. The van der Waals surface area contributed by atoms with E-state index in [0.717, 1.165) is 43.4 Å². The van der Waals surface area contributed by atoms with E-state index in [1.807, 2.05) is 6.92 Å². The Morgan fingerprint density at radius 1 is 0.900 bits per heavy atom. The van der Waals surface area contributed by atoms with Gasteiger partial charge in [-0.15, -0.1) is 0 Å². The van der Waals surface area contributed by atoms with Crippen LogP contribution in [-0.2, 0) is 16.1 Å². The number of hydrogen-bond donors (Lipinski definition) is 0. The molecule has 3 unspecified atom stereocenters. The predicted molar refractivity (Wildman–Crippen MR) is 163 cm³/mol. The first kappa shape index (κ1) is 28.0. The number of imide groups is 1. The minimum Gasteiger partial charge on any atom is -0.357 e. The van der Waals surface area contributed by atoms with E-state index in [1.165, 1.54) is 53.1 Å². The van der Waals surface area contributed by atoms with Gasteiger partial charge in [0.05, 0.1) is 11.2 Å². The summed E-state index contributed by atoms with van der Waals surface area (Å²) >= 11 is 0. The molecule has 2 heterocycles. The summed E-state index contributed by atoms with van der Waals surface area (Å²) in [6, 6.07) is 17.1. The van der Waals surface area contributed by atoms with Crippen molar-refractivity contribution in [3.8, 4) is 11.8 Å². The van der Waals surface area contributed by atoms with Crippen molar-refractivity contribution in [1.82, 2.24) is 4.90 Å². The number of amides is 2. The molecule has 1 aliphatic carbocycles. The van der Waals surface area contributed by atoms with Crippen LogP contribution in [0.2, 0.25) is 0 Å². The van der Waals surface area contributed by atoms with Gasteiger partial charge in [0.15, 0.2) is 0 Å². The minimum absolute atomic E-state index is 0.0569. The van der Waals surface area contributed by atoms with Gasteiger partial charge in [0.1, 0.15) is 0 Å². The van der Waals surface area contributed by atoms with E-state index in [1.54, 1.807) is 0 Å². The van der Waals surface area contributed by atoms with Gasteiger partial charge >= 0.3 is 0 Å². The molecule has 208 valence electrons. The molecule has 3 aliphatic rings. The van der Waals surface area contributed by atoms with E-state index in [-0.39, 0.29) is 23.4 Å². The monoisotopic (exact) mass is 534 g/mol. The van der Waals surface area contributed by atoms with Gasteiger partial charge in [0.2, 0.25) is 0 Å². The summed E-state index contributed by atoms with van der Waals surface area (Å²) in [4.78, 5) is 28.2. The molecule has 2 amide bonds. The second-order valence-corrected chi connectivity index (χ2v) is 12.3. The zero-order valence-electron chi connectivity index (χ0n) is 24.5. The molecule has 0 bridgehead atoms. The number of para-hydroxylation sites is 1. The van der Waals surface area contributed by atoms with Crippen molar-refractivity contribution in [3.05, 3.63) is 89.0 Å². The van der Waals surface area contributed by atoms with Gasteiger partial charge in [-0.1, -0.05) is 55.2 Å². The van der Waals surface area contributed by atoms with Crippen LogP contribution in [0.1, 0.15) is 89.3 Å². The minimum atomic E-state index is -0.174. The summed E-state index contributed by atoms with van der Waals surface area (Å²) in [5, 5.41) is 0. The Balaban J connectivity index is 1.31. The smallest absolute Gasteiger partial charge is 0.253 e. The lowest BCUT2D eigenvalue weighted by Crippen LogP contribution is -2.46. The molecule has 40 heavy (non-hydrogen) atoms. The number of hydrogen-bond acceptors (Lipinski definition) is 3. The lowest BCUT2D eigenvalue weighted by atomic mass is 9.77. The molecule has 2 aromatic carbocycles. The van der Waals surface area contributed by atoms with Crippen molar-refractivity contribution in [2.75, 3.05) is 4.90 Å². The van der Waals surface area contributed by atoms with Gasteiger partial charge in [-0.25, -0.2) is 0 Å². The first-order valence-corrected chi connectivity index (χ1v) is 15.0. The van der Waals surface area contributed by atoms with Gasteiger partial charge in [-0.2, -0.15) is 0 Å². The van der Waals surface area contributed by atoms with E-state index in [9.17, 15) is 9.59 Å². The van der Waals surface area contributed by atoms with Crippen LogP contribution in [0.3, 0.4) is 0 Å². The average Bonchev–Trinajstić information content (AvgIpc) is 3.25. The maximum atomic E-state index is 12.1. The molecule has 0 aromatic heterocycles. The number of carbonyl (C=O) groups excluding carboxylic acids is 2. The molecule has 0 radical (unpaired) electrons. The summed E-state index contributed by atoms with van der Waals surface area (Å²) < 4.78 is 0. The molecule has 5 rings (SSSR count). The quantitative estimate of drug-likeness (QED) is 0.211. The molecule has 0 spiro atoms. The van der Waals surface area contributed by atoms with Crippen LogP contribution >= 0.6 is 0 Å². The number of rotatable bonds is 7. The first-order valence-electron chi connectivity index (χ1n) is 15.0. The standard InChI is InChI=1S/C36H42N2O2/c1-26(17-18-27(2)38-34(39)23-24-35(38)40)28-11-7-9-15-32(22-21-28)36(3,4)37-25-31-14-6-5-12-29(31)19-20-30-13-8-10-16-33(30)37/h5-6,8,10,12-16,23-24,26-28H,7,9,11,17-18,21-22,25H2,1-4H3/b32-15-. The lowest BCUT2D eigenvalue weighted by Gasteiger charge is -2.44. The topological polar surface area (TPSA) is 40.6 Å². The molecule has 2 aromatic rings. The molecular formula is C36H42N2O2. The van der Waals surface area contributed by atoms with Crippen LogP contribution in [0.5, 0.6) is 0 Å². The normalized spacial score (nSPS) is 22.0. The van der Waals surface area contributed by atoms with Crippen molar-refractivity contribution in [2.24, 2.45) is 11.8 Å². The Morgan fingerprint density at radius 3 is 2.35 bits per heavy atom. The summed E-state index contributed by atoms with van der Waals surface area (Å²) in [5.41, 5.74) is 6.03. The van der Waals surface area contributed by atoms with Gasteiger partial charge in [-0.3, -0.25) is 14.5 Å². The average molecular weight is 535 g/mol. The molecule has 0 saturated carbocycles. The van der Waals surface area contributed by atoms with E-state index < -0.39 is 0 Å². The first-order chi connectivity index (χ1) is 19.3. The highest BCUT2D eigenvalue weighted by Crippen LogP contribution is 2.40. The number of carbonyl (C=O) groups is 2. The van der Waals surface area contributed by atoms with Gasteiger partial charge in [-0.05, 0) is 107 Å². The van der Waals surface area contributed by atoms with Crippen molar-refractivity contribution in [3.63, 3.8) is 0 Å². The fraction of sp³-hybridized carbons (Fsp3) is 0.444. The fourth-order valence-corrected chi connectivity index (χ4v) is 6.74. The fourth-order valence-electron chi connectivity index (χ4n) is 6.74. The van der Waals surface area contributed by atoms with Crippen LogP contribution in [0.4, 0.5) is 5.69 Å². The van der Waals surface area contributed by atoms with Gasteiger partial charge < -0.3 is 4.90 Å². The zero-order valence-corrected chi connectivity index (χ0v) is 24.5. The van der Waals surface area contributed by atoms with Crippen LogP contribution in [-0.4, -0.2) is 28.3 Å². The van der Waals surface area contributed by atoms with Crippen molar-refractivity contribution >= 4 is 17.5 Å². The highest BCUT2D eigenvalue weighted by molar-refractivity contribution is 6.13. The van der Waals surface area contributed by atoms with E-state index >= 15 is 0 Å². The van der Waals surface area contributed by atoms with Gasteiger partial charge in [0, 0.05) is 35.9 Å². The Kier molecular flexibility index (Phi) is 8.31. The predicted octanol–water partition coefficient (Wildman–Crippen LogP) is 7.42. The van der Waals surface area contributed by atoms with E-state index in [2.05, 4.69) is 92.1 Å². The summed E-state index contributed by atoms with van der Waals surface area (Å²) in [5.74, 6) is 7.72. The molecule has 4 heteroatoms. The Labute approximate surface area is 240 Å². The molecule has 0 saturated heterocycles. The van der Waals surface area contributed by atoms with Gasteiger partial charge in [0.25, 0.3) is 11.8 Å². The summed E-state index contributed by atoms with van der Waals surface area (Å²) in [6.45, 7) is 9.96. The molecule has 4 nitrogen and oxygen atoms in total. The van der Waals surface area contributed by atoms with E-state index in [4.69, 9.17) is 0 Å². The van der Waals surface area contributed by atoms with Crippen molar-refractivity contribution in [2.45, 2.75) is 90.8 Å². The lowest BCUT2D eigenvalue weighted by molar-refractivity contribution is -0.139. The second-order valence-electron chi connectivity index (χ2n) is 12.3. The number of allylic oxidation sites excluding steroid dienone is 1. The highest BCUT2D eigenvalue weighted by Gasteiger charge is 2.34. The zero-order chi connectivity index (χ0) is 28.3. The van der Waals surface area contributed by atoms with Crippen molar-refractivity contribution < 1.29 is 9.59 Å².